The standard InChI is InChI=1S/C19H27N5O3/c1-15-5-6-17(27-15)13-22(3)19(26)14-24-18(25)11-16(12-20-24)23-8-4-7-21(2)9-10-23/h5-6,11-12H,4,7-10,13-14H2,1-3H3. The van der Waals surface area contributed by atoms with E-state index in [-0.39, 0.29) is 18.0 Å². The molecule has 2 aromatic heterocycles. The maximum Gasteiger partial charge on any atom is 0.269 e. The summed E-state index contributed by atoms with van der Waals surface area (Å²) in [5.74, 6) is 1.33. The average molecular weight is 373 g/mol. The summed E-state index contributed by atoms with van der Waals surface area (Å²) in [6.07, 6.45) is 2.73. The molecule has 3 heterocycles. The van der Waals surface area contributed by atoms with Crippen LogP contribution < -0.4 is 10.5 Å². The highest BCUT2D eigenvalue weighted by molar-refractivity contribution is 5.75. The lowest BCUT2D eigenvalue weighted by Gasteiger charge is -2.22. The number of amides is 1. The Morgan fingerprint density at radius 2 is 2.07 bits per heavy atom. The molecule has 2 aromatic rings. The predicted molar refractivity (Wildman–Crippen MR) is 103 cm³/mol. The molecule has 0 saturated carbocycles. The van der Waals surface area contributed by atoms with Gasteiger partial charge in [0, 0.05) is 32.7 Å². The lowest BCUT2D eigenvalue weighted by molar-refractivity contribution is -0.131. The summed E-state index contributed by atoms with van der Waals surface area (Å²) in [7, 11) is 3.79. The van der Waals surface area contributed by atoms with E-state index < -0.39 is 0 Å². The van der Waals surface area contributed by atoms with Crippen LogP contribution >= 0.6 is 0 Å². The molecule has 8 nitrogen and oxygen atoms in total. The Hall–Kier alpha value is -2.61. The van der Waals surface area contributed by atoms with Crippen molar-refractivity contribution >= 4 is 11.6 Å². The molecular formula is C19H27N5O3. The Kier molecular flexibility index (Phi) is 5.95. The van der Waals surface area contributed by atoms with Crippen molar-refractivity contribution in [1.82, 2.24) is 19.6 Å². The molecule has 0 bridgehead atoms. The second-order valence-electron chi connectivity index (χ2n) is 7.12. The van der Waals surface area contributed by atoms with Gasteiger partial charge in [-0.15, -0.1) is 0 Å². The van der Waals surface area contributed by atoms with Crippen LogP contribution in [0.1, 0.15) is 17.9 Å². The minimum Gasteiger partial charge on any atom is -0.464 e. The van der Waals surface area contributed by atoms with Crippen LogP contribution in [0.3, 0.4) is 0 Å². The molecule has 1 amide bonds. The fourth-order valence-electron chi connectivity index (χ4n) is 3.16. The number of hydrogen-bond acceptors (Lipinski definition) is 6. The van der Waals surface area contributed by atoms with Crippen molar-refractivity contribution in [1.29, 1.82) is 0 Å². The first kappa shape index (κ1) is 19.2. The molecule has 3 rings (SSSR count). The highest BCUT2D eigenvalue weighted by Crippen LogP contribution is 2.13. The van der Waals surface area contributed by atoms with E-state index in [2.05, 4.69) is 21.9 Å². The molecule has 0 atom stereocenters. The molecule has 27 heavy (non-hydrogen) atoms. The maximum absolute atomic E-state index is 12.4. The van der Waals surface area contributed by atoms with E-state index in [0.717, 1.165) is 44.0 Å². The first-order valence-corrected chi connectivity index (χ1v) is 9.22. The monoisotopic (exact) mass is 373 g/mol. The van der Waals surface area contributed by atoms with E-state index in [1.54, 1.807) is 19.3 Å². The Labute approximate surface area is 159 Å². The smallest absolute Gasteiger partial charge is 0.269 e. The number of nitrogens with zero attached hydrogens (tertiary/aromatic N) is 5. The van der Waals surface area contributed by atoms with Crippen LogP contribution in [0.15, 0.2) is 33.6 Å². The Morgan fingerprint density at radius 1 is 1.26 bits per heavy atom. The second kappa shape index (κ2) is 8.39. The SMILES string of the molecule is Cc1ccc(CN(C)C(=O)Cn2ncc(N3CCCN(C)CC3)cc2=O)o1. The van der Waals surface area contributed by atoms with Crippen LogP contribution in [0.4, 0.5) is 5.69 Å². The fourth-order valence-corrected chi connectivity index (χ4v) is 3.16. The highest BCUT2D eigenvalue weighted by Gasteiger charge is 2.16. The minimum atomic E-state index is -0.263. The van der Waals surface area contributed by atoms with Gasteiger partial charge in [0.05, 0.1) is 18.4 Å². The van der Waals surface area contributed by atoms with Gasteiger partial charge in [0.2, 0.25) is 5.91 Å². The van der Waals surface area contributed by atoms with Gasteiger partial charge in [-0.05, 0) is 39.1 Å². The molecule has 0 unspecified atom stereocenters. The number of hydrogen-bond donors (Lipinski definition) is 0. The third-order valence-electron chi connectivity index (χ3n) is 4.84. The molecule has 1 aliphatic heterocycles. The van der Waals surface area contributed by atoms with Crippen LogP contribution in [0.25, 0.3) is 0 Å². The van der Waals surface area contributed by atoms with Gasteiger partial charge in [-0.1, -0.05) is 0 Å². The van der Waals surface area contributed by atoms with E-state index >= 15 is 0 Å². The summed E-state index contributed by atoms with van der Waals surface area (Å²) in [4.78, 5) is 30.8. The molecule has 0 aliphatic carbocycles. The number of carbonyl (C=O) groups excluding carboxylic acids is 1. The van der Waals surface area contributed by atoms with Gasteiger partial charge in [-0.25, -0.2) is 4.68 Å². The van der Waals surface area contributed by atoms with Gasteiger partial charge in [-0.2, -0.15) is 5.10 Å². The molecule has 0 radical (unpaired) electrons. The zero-order valence-electron chi connectivity index (χ0n) is 16.2. The van der Waals surface area contributed by atoms with Crippen LogP contribution in [-0.4, -0.2) is 65.8 Å². The van der Waals surface area contributed by atoms with Gasteiger partial charge < -0.3 is 19.1 Å². The highest BCUT2D eigenvalue weighted by atomic mass is 16.3. The lowest BCUT2D eigenvalue weighted by Crippen LogP contribution is -2.35. The number of aryl methyl sites for hydroxylation is 1. The molecule has 0 spiro atoms. The van der Waals surface area contributed by atoms with Gasteiger partial charge in [0.25, 0.3) is 5.56 Å². The van der Waals surface area contributed by atoms with Gasteiger partial charge in [0.1, 0.15) is 18.1 Å². The molecule has 0 N–H and O–H groups in total. The van der Waals surface area contributed by atoms with Crippen LogP contribution in [-0.2, 0) is 17.9 Å². The molecule has 1 saturated heterocycles. The molecular weight excluding hydrogens is 346 g/mol. The molecule has 8 heteroatoms. The molecule has 1 aliphatic rings. The van der Waals surface area contributed by atoms with E-state index in [9.17, 15) is 9.59 Å². The first-order valence-electron chi connectivity index (χ1n) is 9.22. The van der Waals surface area contributed by atoms with Crippen molar-refractivity contribution in [2.45, 2.75) is 26.4 Å². The van der Waals surface area contributed by atoms with Crippen molar-refractivity contribution in [3.63, 3.8) is 0 Å². The van der Waals surface area contributed by atoms with Crippen molar-refractivity contribution < 1.29 is 9.21 Å². The van der Waals surface area contributed by atoms with Crippen LogP contribution in [0.5, 0.6) is 0 Å². The average Bonchev–Trinajstić information content (AvgIpc) is 2.91. The molecule has 0 aromatic carbocycles. The Bertz CT molecular complexity index is 844. The topological polar surface area (TPSA) is 74.8 Å². The predicted octanol–water partition coefficient (Wildman–Crippen LogP) is 0.945. The van der Waals surface area contributed by atoms with Crippen molar-refractivity contribution in [3.05, 3.63) is 46.3 Å². The fraction of sp³-hybridized carbons (Fsp3) is 0.526. The second-order valence-corrected chi connectivity index (χ2v) is 7.12. The number of anilines is 1. The van der Waals surface area contributed by atoms with E-state index in [1.807, 2.05) is 19.1 Å². The zero-order chi connectivity index (χ0) is 19.4. The van der Waals surface area contributed by atoms with Crippen molar-refractivity contribution in [2.75, 3.05) is 45.2 Å². The number of aromatic nitrogens is 2. The number of rotatable bonds is 5. The zero-order valence-corrected chi connectivity index (χ0v) is 16.2. The van der Waals surface area contributed by atoms with E-state index in [0.29, 0.717) is 12.3 Å². The number of likely N-dealkylation sites (N-methyl/N-ethyl adjacent to an activating group) is 2. The van der Waals surface area contributed by atoms with Crippen molar-refractivity contribution in [3.8, 4) is 0 Å². The molecule has 1 fully saturated rings. The summed E-state index contributed by atoms with van der Waals surface area (Å²) in [6, 6.07) is 5.28. The number of carbonyl (C=O) groups is 1. The lowest BCUT2D eigenvalue weighted by atomic mass is 10.3. The summed E-state index contributed by atoms with van der Waals surface area (Å²) >= 11 is 0. The summed E-state index contributed by atoms with van der Waals surface area (Å²) in [6.45, 7) is 5.92. The number of furan rings is 1. The normalized spacial score (nSPS) is 15.6. The van der Waals surface area contributed by atoms with Crippen LogP contribution in [0.2, 0.25) is 0 Å². The molecule has 146 valence electrons. The summed E-state index contributed by atoms with van der Waals surface area (Å²) < 4.78 is 6.70. The third kappa shape index (κ3) is 4.97. The van der Waals surface area contributed by atoms with Crippen LogP contribution in [0, 0.1) is 6.92 Å². The van der Waals surface area contributed by atoms with Gasteiger partial charge in [0.15, 0.2) is 0 Å². The van der Waals surface area contributed by atoms with E-state index in [1.165, 1.54) is 9.58 Å². The first-order chi connectivity index (χ1) is 12.9. The van der Waals surface area contributed by atoms with Gasteiger partial charge in [-0.3, -0.25) is 9.59 Å². The maximum atomic E-state index is 12.4. The Morgan fingerprint density at radius 3 is 2.78 bits per heavy atom. The quantitative estimate of drug-likeness (QED) is 0.777. The van der Waals surface area contributed by atoms with Crippen molar-refractivity contribution in [2.24, 2.45) is 0 Å². The Balaban J connectivity index is 1.63. The minimum absolute atomic E-state index is 0.0853. The summed E-state index contributed by atoms with van der Waals surface area (Å²) in [5.41, 5.74) is 0.555. The summed E-state index contributed by atoms with van der Waals surface area (Å²) in [5, 5.41) is 4.21. The van der Waals surface area contributed by atoms with E-state index in [4.69, 9.17) is 4.42 Å². The largest absolute Gasteiger partial charge is 0.464 e. The third-order valence-corrected chi connectivity index (χ3v) is 4.84. The van der Waals surface area contributed by atoms with Gasteiger partial charge >= 0.3 is 0 Å².